The number of rotatable bonds is 6. The van der Waals surface area contributed by atoms with Crippen LogP contribution in [0.25, 0.3) is 5.65 Å². The number of carbonyl (C=O) groups is 2. The molecule has 134 valence electrons. The number of ether oxygens (including phenoxy) is 1. The van der Waals surface area contributed by atoms with Gasteiger partial charge in [0.1, 0.15) is 17.9 Å². The Morgan fingerprint density at radius 2 is 2.16 bits per heavy atom. The Bertz CT molecular complexity index is 913. The molecule has 0 unspecified atom stereocenters. The van der Waals surface area contributed by atoms with E-state index in [4.69, 9.17) is 4.74 Å². The average molecular weight is 348 g/mol. The zero-order valence-corrected chi connectivity index (χ0v) is 14.4. The number of carbonyl (C=O) groups excluding carboxylic acids is 1. The number of aromatic nitrogens is 3. The first-order valence-electron chi connectivity index (χ1n) is 8.05. The van der Waals surface area contributed by atoms with Crippen molar-refractivity contribution in [1.29, 1.82) is 0 Å². The number of amides is 1. The third kappa shape index (κ3) is 2.70. The number of carboxylic acids is 1. The standard InChI is InChI=1S/C16H20N4O5/c1-4-10-5-12-19(7-13(21)22)14-11(15(23)20(12)17-10)6-18(16(14)24)9(2)8-25-3/h5,9H,4,6-8H2,1-3H3,(H,21,22)/t9-/m0/s1. The van der Waals surface area contributed by atoms with Crippen molar-refractivity contribution in [2.75, 3.05) is 13.7 Å². The van der Waals surface area contributed by atoms with Gasteiger partial charge in [0, 0.05) is 13.2 Å². The van der Waals surface area contributed by atoms with Crippen molar-refractivity contribution in [2.24, 2.45) is 0 Å². The topological polar surface area (TPSA) is 106 Å². The molecule has 0 saturated carbocycles. The largest absolute Gasteiger partial charge is 0.480 e. The van der Waals surface area contributed by atoms with Crippen LogP contribution in [0, 0.1) is 0 Å². The lowest BCUT2D eigenvalue weighted by Crippen LogP contribution is -2.37. The molecule has 0 fully saturated rings. The number of hydrogen-bond acceptors (Lipinski definition) is 5. The van der Waals surface area contributed by atoms with Gasteiger partial charge in [-0.15, -0.1) is 0 Å². The zero-order valence-electron chi connectivity index (χ0n) is 14.4. The number of nitrogens with zero attached hydrogens (tertiary/aromatic N) is 4. The maximum atomic E-state index is 12.9. The Labute approximate surface area is 143 Å². The van der Waals surface area contributed by atoms with Crippen molar-refractivity contribution in [3.63, 3.8) is 0 Å². The molecule has 0 aliphatic carbocycles. The Hall–Kier alpha value is -2.68. The summed E-state index contributed by atoms with van der Waals surface area (Å²) in [5.74, 6) is -1.46. The minimum atomic E-state index is -1.09. The first-order valence-corrected chi connectivity index (χ1v) is 8.05. The SMILES string of the molecule is CCc1cc2n(CC(=O)O)c3c(c(=O)n2n1)CN([C@@H](C)COC)C3=O. The molecule has 0 aromatic carbocycles. The van der Waals surface area contributed by atoms with E-state index in [1.54, 1.807) is 6.07 Å². The molecule has 0 saturated heterocycles. The third-order valence-corrected chi connectivity index (χ3v) is 4.41. The number of aryl methyl sites for hydroxylation is 1. The number of fused-ring (bicyclic) bond motifs is 2. The van der Waals surface area contributed by atoms with E-state index in [9.17, 15) is 19.5 Å². The smallest absolute Gasteiger partial charge is 0.323 e. The number of methoxy groups -OCH3 is 1. The summed E-state index contributed by atoms with van der Waals surface area (Å²) in [6.45, 7) is 3.73. The highest BCUT2D eigenvalue weighted by molar-refractivity contribution is 5.97. The van der Waals surface area contributed by atoms with E-state index in [0.717, 1.165) is 0 Å². The molecule has 1 N–H and O–H groups in total. The van der Waals surface area contributed by atoms with Crippen molar-refractivity contribution in [2.45, 2.75) is 39.4 Å². The van der Waals surface area contributed by atoms with Crippen LogP contribution in [0.2, 0.25) is 0 Å². The maximum absolute atomic E-state index is 12.9. The van der Waals surface area contributed by atoms with Crippen molar-refractivity contribution < 1.29 is 19.4 Å². The van der Waals surface area contributed by atoms with Gasteiger partial charge in [0.2, 0.25) is 0 Å². The van der Waals surface area contributed by atoms with E-state index in [0.29, 0.717) is 24.4 Å². The lowest BCUT2D eigenvalue weighted by atomic mass is 10.2. The van der Waals surface area contributed by atoms with Gasteiger partial charge in [0.25, 0.3) is 11.5 Å². The van der Waals surface area contributed by atoms with E-state index in [-0.39, 0.29) is 35.3 Å². The lowest BCUT2D eigenvalue weighted by Gasteiger charge is -2.23. The van der Waals surface area contributed by atoms with Gasteiger partial charge in [-0.2, -0.15) is 9.61 Å². The van der Waals surface area contributed by atoms with Crippen LogP contribution in [-0.2, 0) is 29.0 Å². The van der Waals surface area contributed by atoms with Crippen LogP contribution < -0.4 is 5.56 Å². The van der Waals surface area contributed by atoms with Crippen molar-refractivity contribution in [3.8, 4) is 0 Å². The fourth-order valence-corrected chi connectivity index (χ4v) is 3.19. The molecule has 0 spiro atoms. The highest BCUT2D eigenvalue weighted by Crippen LogP contribution is 2.24. The van der Waals surface area contributed by atoms with Crippen LogP contribution in [0.3, 0.4) is 0 Å². The van der Waals surface area contributed by atoms with Gasteiger partial charge >= 0.3 is 5.97 Å². The first kappa shape index (κ1) is 17.2. The van der Waals surface area contributed by atoms with Crippen LogP contribution in [0.4, 0.5) is 0 Å². The molecule has 0 bridgehead atoms. The van der Waals surface area contributed by atoms with Crippen molar-refractivity contribution in [3.05, 3.63) is 33.4 Å². The summed E-state index contributed by atoms with van der Waals surface area (Å²) in [5.41, 5.74) is 0.999. The molecule has 9 heteroatoms. The summed E-state index contributed by atoms with van der Waals surface area (Å²) in [5, 5.41) is 13.5. The van der Waals surface area contributed by atoms with E-state index >= 15 is 0 Å². The summed E-state index contributed by atoms with van der Waals surface area (Å²) in [4.78, 5) is 38.5. The summed E-state index contributed by atoms with van der Waals surface area (Å²) < 4.78 is 7.65. The normalized spacial score (nSPS) is 15.0. The third-order valence-electron chi connectivity index (χ3n) is 4.41. The first-order chi connectivity index (χ1) is 11.9. The second-order valence-electron chi connectivity index (χ2n) is 6.11. The summed E-state index contributed by atoms with van der Waals surface area (Å²) >= 11 is 0. The molecule has 9 nitrogen and oxygen atoms in total. The average Bonchev–Trinajstić information content (AvgIpc) is 3.13. The van der Waals surface area contributed by atoms with E-state index in [1.807, 2.05) is 13.8 Å². The molecule has 1 aliphatic rings. The van der Waals surface area contributed by atoms with E-state index in [1.165, 1.54) is 21.1 Å². The summed E-state index contributed by atoms with van der Waals surface area (Å²) in [6.07, 6.45) is 0.601. The summed E-state index contributed by atoms with van der Waals surface area (Å²) in [7, 11) is 1.54. The molecule has 1 amide bonds. The Balaban J connectivity index is 2.23. The van der Waals surface area contributed by atoms with Gasteiger partial charge in [0.05, 0.1) is 30.5 Å². The molecule has 3 rings (SSSR count). The minimum Gasteiger partial charge on any atom is -0.480 e. The van der Waals surface area contributed by atoms with Crippen LogP contribution in [0.1, 0.15) is 35.6 Å². The second kappa shape index (κ2) is 6.32. The highest BCUT2D eigenvalue weighted by Gasteiger charge is 2.37. The zero-order chi connectivity index (χ0) is 18.3. The Morgan fingerprint density at radius 1 is 1.44 bits per heavy atom. The van der Waals surface area contributed by atoms with E-state index < -0.39 is 12.5 Å². The van der Waals surface area contributed by atoms with Gasteiger partial charge in [-0.25, -0.2) is 0 Å². The van der Waals surface area contributed by atoms with Crippen LogP contribution in [0.15, 0.2) is 10.9 Å². The Morgan fingerprint density at radius 3 is 2.76 bits per heavy atom. The van der Waals surface area contributed by atoms with Gasteiger partial charge in [-0.05, 0) is 13.3 Å². The minimum absolute atomic E-state index is 0.119. The van der Waals surface area contributed by atoms with E-state index in [2.05, 4.69) is 5.10 Å². The Kier molecular flexibility index (Phi) is 4.34. The fourth-order valence-electron chi connectivity index (χ4n) is 3.19. The number of aliphatic carboxylic acids is 1. The van der Waals surface area contributed by atoms with Crippen LogP contribution in [0.5, 0.6) is 0 Å². The fraction of sp³-hybridized carbons (Fsp3) is 0.500. The molecule has 2 aromatic rings. The molecule has 2 aromatic heterocycles. The molecular formula is C16H20N4O5. The van der Waals surface area contributed by atoms with Gasteiger partial charge in [-0.3, -0.25) is 14.4 Å². The maximum Gasteiger partial charge on any atom is 0.323 e. The van der Waals surface area contributed by atoms with Gasteiger partial charge in [0.15, 0.2) is 0 Å². The predicted molar refractivity (Wildman–Crippen MR) is 87.7 cm³/mol. The van der Waals surface area contributed by atoms with Crippen molar-refractivity contribution >= 4 is 17.5 Å². The summed E-state index contributed by atoms with van der Waals surface area (Å²) in [6, 6.07) is 1.42. The molecule has 1 aliphatic heterocycles. The van der Waals surface area contributed by atoms with Gasteiger partial charge < -0.3 is 19.3 Å². The van der Waals surface area contributed by atoms with Crippen LogP contribution >= 0.6 is 0 Å². The molecule has 0 radical (unpaired) electrons. The highest BCUT2D eigenvalue weighted by atomic mass is 16.5. The number of carboxylic acid groups (broad SMARTS) is 1. The number of hydrogen-bond donors (Lipinski definition) is 1. The monoisotopic (exact) mass is 348 g/mol. The predicted octanol–water partition coefficient (Wildman–Crippen LogP) is 0.134. The molecule has 3 heterocycles. The molecule has 1 atom stereocenters. The second-order valence-corrected chi connectivity index (χ2v) is 6.11. The molecular weight excluding hydrogens is 328 g/mol. The quantitative estimate of drug-likeness (QED) is 0.795. The molecule has 25 heavy (non-hydrogen) atoms. The lowest BCUT2D eigenvalue weighted by molar-refractivity contribution is -0.137. The van der Waals surface area contributed by atoms with Crippen LogP contribution in [-0.4, -0.2) is 55.8 Å². The van der Waals surface area contributed by atoms with Crippen molar-refractivity contribution in [1.82, 2.24) is 19.1 Å². The van der Waals surface area contributed by atoms with Gasteiger partial charge in [-0.1, -0.05) is 6.92 Å².